The lowest BCUT2D eigenvalue weighted by atomic mass is 9.81. The maximum Gasteiger partial charge on any atom is 0.308 e. The van der Waals surface area contributed by atoms with E-state index >= 15 is 0 Å². The van der Waals surface area contributed by atoms with Crippen LogP contribution in [0.4, 0.5) is 0 Å². The van der Waals surface area contributed by atoms with Crippen molar-refractivity contribution in [2.45, 2.75) is 12.3 Å². The van der Waals surface area contributed by atoms with Crippen molar-refractivity contribution in [3.63, 3.8) is 0 Å². The van der Waals surface area contributed by atoms with Crippen molar-refractivity contribution in [2.24, 2.45) is 5.92 Å². The Hall–Kier alpha value is -1.81. The molecule has 2 heterocycles. The van der Waals surface area contributed by atoms with E-state index in [0.717, 1.165) is 29.4 Å². The molecule has 2 unspecified atom stereocenters. The smallest absolute Gasteiger partial charge is 0.308 e. The molecule has 1 aromatic heterocycles. The second-order valence-corrected chi connectivity index (χ2v) is 4.83. The number of H-pyrrole nitrogens is 1. The molecule has 1 aliphatic heterocycles. The zero-order valence-electron chi connectivity index (χ0n) is 10.0. The Bertz CT molecular complexity index is 576. The fourth-order valence-electron chi connectivity index (χ4n) is 2.89. The minimum absolute atomic E-state index is 0.0971. The molecule has 18 heavy (non-hydrogen) atoms. The van der Waals surface area contributed by atoms with Crippen LogP contribution in [0, 0.1) is 5.92 Å². The zero-order valence-corrected chi connectivity index (χ0v) is 10.0. The van der Waals surface area contributed by atoms with Crippen molar-refractivity contribution in [3.05, 3.63) is 36.0 Å². The predicted octanol–water partition coefficient (Wildman–Crippen LogP) is 1.95. The predicted molar refractivity (Wildman–Crippen MR) is 69.7 cm³/mol. The molecule has 3 N–H and O–H groups in total. The van der Waals surface area contributed by atoms with Gasteiger partial charge in [0.1, 0.15) is 0 Å². The van der Waals surface area contributed by atoms with Gasteiger partial charge in [-0.1, -0.05) is 18.2 Å². The topological polar surface area (TPSA) is 65.1 Å². The molecule has 1 aliphatic rings. The zero-order chi connectivity index (χ0) is 12.5. The second-order valence-electron chi connectivity index (χ2n) is 4.83. The third kappa shape index (κ3) is 1.78. The molecule has 1 saturated heterocycles. The number of nitrogens with one attached hydrogen (secondary N) is 2. The van der Waals surface area contributed by atoms with Crippen molar-refractivity contribution in [1.82, 2.24) is 10.3 Å². The number of fused-ring (bicyclic) bond motifs is 1. The molecule has 0 amide bonds. The van der Waals surface area contributed by atoms with Gasteiger partial charge < -0.3 is 15.4 Å². The van der Waals surface area contributed by atoms with Gasteiger partial charge in [0.25, 0.3) is 0 Å². The van der Waals surface area contributed by atoms with Gasteiger partial charge in [-0.15, -0.1) is 0 Å². The second kappa shape index (κ2) is 4.46. The Kier molecular flexibility index (Phi) is 2.80. The molecule has 0 spiro atoms. The number of carboxylic acids is 1. The van der Waals surface area contributed by atoms with Gasteiger partial charge >= 0.3 is 5.97 Å². The molecule has 0 bridgehead atoms. The number of para-hydroxylation sites is 1. The van der Waals surface area contributed by atoms with Gasteiger partial charge in [-0.25, -0.2) is 0 Å². The molecule has 0 saturated carbocycles. The maximum atomic E-state index is 11.3. The van der Waals surface area contributed by atoms with E-state index in [0.29, 0.717) is 6.54 Å². The molecule has 1 aromatic carbocycles. The number of hydrogen-bond donors (Lipinski definition) is 3. The van der Waals surface area contributed by atoms with Gasteiger partial charge in [0.2, 0.25) is 0 Å². The highest BCUT2D eigenvalue weighted by molar-refractivity contribution is 5.84. The summed E-state index contributed by atoms with van der Waals surface area (Å²) in [6.07, 6.45) is 2.84. The summed E-state index contributed by atoms with van der Waals surface area (Å²) in [5.74, 6) is -0.949. The number of carbonyl (C=O) groups is 1. The molecular weight excluding hydrogens is 228 g/mol. The van der Waals surface area contributed by atoms with Crippen molar-refractivity contribution >= 4 is 16.9 Å². The van der Waals surface area contributed by atoms with E-state index in [9.17, 15) is 9.90 Å². The number of aromatic nitrogens is 1. The first-order chi connectivity index (χ1) is 8.77. The Balaban J connectivity index is 2.04. The van der Waals surface area contributed by atoms with Crippen molar-refractivity contribution in [2.75, 3.05) is 13.1 Å². The van der Waals surface area contributed by atoms with E-state index in [1.54, 1.807) is 0 Å². The quantitative estimate of drug-likeness (QED) is 0.756. The SMILES string of the molecule is O=C(O)C1CNCCC1c1c[nH]c2ccccc12. The number of carboxylic acid groups (broad SMARTS) is 1. The van der Waals surface area contributed by atoms with E-state index in [1.807, 2.05) is 24.4 Å². The van der Waals surface area contributed by atoms with Crippen LogP contribution in [0.3, 0.4) is 0 Å². The molecular formula is C14H16N2O2. The van der Waals surface area contributed by atoms with Crippen LogP contribution in [0.15, 0.2) is 30.5 Å². The summed E-state index contributed by atoms with van der Waals surface area (Å²) in [6, 6.07) is 8.06. The third-order valence-electron chi connectivity index (χ3n) is 3.82. The van der Waals surface area contributed by atoms with Crippen LogP contribution in [0.5, 0.6) is 0 Å². The Morgan fingerprint density at radius 3 is 3.00 bits per heavy atom. The highest BCUT2D eigenvalue weighted by Gasteiger charge is 2.33. The Labute approximate surface area is 105 Å². The van der Waals surface area contributed by atoms with Gasteiger partial charge in [-0.2, -0.15) is 0 Å². The molecule has 2 aromatic rings. The maximum absolute atomic E-state index is 11.3. The molecule has 0 radical (unpaired) electrons. The summed E-state index contributed by atoms with van der Waals surface area (Å²) in [6.45, 7) is 1.44. The van der Waals surface area contributed by atoms with Crippen molar-refractivity contribution < 1.29 is 9.90 Å². The number of hydrogen-bond acceptors (Lipinski definition) is 2. The number of benzene rings is 1. The number of rotatable bonds is 2. The summed E-state index contributed by atoms with van der Waals surface area (Å²) >= 11 is 0. The first-order valence-corrected chi connectivity index (χ1v) is 6.27. The van der Waals surface area contributed by atoms with Crippen LogP contribution < -0.4 is 5.32 Å². The monoisotopic (exact) mass is 244 g/mol. The Morgan fingerprint density at radius 2 is 2.17 bits per heavy atom. The minimum atomic E-state index is -0.711. The lowest BCUT2D eigenvalue weighted by Gasteiger charge is -2.29. The normalized spacial score (nSPS) is 24.2. The average molecular weight is 244 g/mol. The number of piperidine rings is 1. The number of aromatic amines is 1. The fraction of sp³-hybridized carbons (Fsp3) is 0.357. The summed E-state index contributed by atoms with van der Waals surface area (Å²) in [5.41, 5.74) is 2.22. The van der Waals surface area contributed by atoms with Crippen LogP contribution in [-0.2, 0) is 4.79 Å². The first kappa shape index (κ1) is 11.3. The molecule has 4 heteroatoms. The van der Waals surface area contributed by atoms with E-state index in [1.165, 1.54) is 0 Å². The van der Waals surface area contributed by atoms with Gasteiger partial charge in [-0.3, -0.25) is 4.79 Å². The van der Waals surface area contributed by atoms with E-state index in [-0.39, 0.29) is 11.8 Å². The van der Waals surface area contributed by atoms with Crippen LogP contribution in [-0.4, -0.2) is 29.1 Å². The van der Waals surface area contributed by atoms with Gasteiger partial charge in [0.15, 0.2) is 0 Å². The van der Waals surface area contributed by atoms with Gasteiger partial charge in [0.05, 0.1) is 5.92 Å². The highest BCUT2D eigenvalue weighted by atomic mass is 16.4. The molecule has 2 atom stereocenters. The number of aliphatic carboxylic acids is 1. The first-order valence-electron chi connectivity index (χ1n) is 6.27. The standard InChI is InChI=1S/C14H16N2O2/c17-14(18)12-7-15-6-5-9(12)11-8-16-13-4-2-1-3-10(11)13/h1-4,8-9,12,15-16H,5-7H2,(H,17,18). The van der Waals surface area contributed by atoms with E-state index in [4.69, 9.17) is 0 Å². The lowest BCUT2D eigenvalue weighted by molar-refractivity contribution is -0.142. The highest BCUT2D eigenvalue weighted by Crippen LogP contribution is 2.34. The van der Waals surface area contributed by atoms with Crippen LogP contribution >= 0.6 is 0 Å². The molecule has 0 aliphatic carbocycles. The lowest BCUT2D eigenvalue weighted by Crippen LogP contribution is -2.39. The Morgan fingerprint density at radius 1 is 1.33 bits per heavy atom. The molecule has 4 nitrogen and oxygen atoms in total. The largest absolute Gasteiger partial charge is 0.481 e. The third-order valence-corrected chi connectivity index (χ3v) is 3.82. The molecule has 3 rings (SSSR count). The molecule has 1 fully saturated rings. The van der Waals surface area contributed by atoms with Crippen molar-refractivity contribution in [1.29, 1.82) is 0 Å². The van der Waals surface area contributed by atoms with E-state index < -0.39 is 5.97 Å². The van der Waals surface area contributed by atoms with Gasteiger partial charge in [-0.05, 0) is 24.6 Å². The van der Waals surface area contributed by atoms with Gasteiger partial charge in [0, 0.05) is 29.6 Å². The fourth-order valence-corrected chi connectivity index (χ4v) is 2.89. The average Bonchev–Trinajstić information content (AvgIpc) is 2.82. The molecule has 94 valence electrons. The van der Waals surface area contributed by atoms with Crippen LogP contribution in [0.25, 0.3) is 10.9 Å². The summed E-state index contributed by atoms with van der Waals surface area (Å²) in [5, 5.41) is 13.6. The van der Waals surface area contributed by atoms with Crippen molar-refractivity contribution in [3.8, 4) is 0 Å². The van der Waals surface area contributed by atoms with Crippen LogP contribution in [0.2, 0.25) is 0 Å². The summed E-state index contributed by atoms with van der Waals surface area (Å²) in [4.78, 5) is 14.6. The van der Waals surface area contributed by atoms with E-state index in [2.05, 4.69) is 16.4 Å². The summed E-state index contributed by atoms with van der Waals surface area (Å²) in [7, 11) is 0. The van der Waals surface area contributed by atoms with Crippen LogP contribution in [0.1, 0.15) is 17.9 Å². The summed E-state index contributed by atoms with van der Waals surface area (Å²) < 4.78 is 0. The minimum Gasteiger partial charge on any atom is -0.481 e.